The lowest BCUT2D eigenvalue weighted by molar-refractivity contribution is -0.137. The number of hydrogen-bond acceptors (Lipinski definition) is 5. The zero-order chi connectivity index (χ0) is 20.3. The minimum atomic E-state index is -4.50. The van der Waals surface area contributed by atoms with E-state index in [1.165, 1.54) is 12.3 Å². The van der Waals surface area contributed by atoms with Gasteiger partial charge in [-0.05, 0) is 43.3 Å². The molecule has 5 nitrogen and oxygen atoms in total. The van der Waals surface area contributed by atoms with Crippen molar-refractivity contribution in [1.29, 1.82) is 5.26 Å². The average Bonchev–Trinajstić information content (AvgIpc) is 2.67. The smallest absolute Gasteiger partial charge is 0.416 e. The number of aromatic nitrogens is 1. The Morgan fingerprint density at radius 2 is 1.93 bits per heavy atom. The maximum Gasteiger partial charge on any atom is 0.416 e. The molecule has 3 rings (SSSR count). The maximum absolute atomic E-state index is 13.0. The summed E-state index contributed by atoms with van der Waals surface area (Å²) in [7, 11) is 0. The predicted octanol–water partition coefficient (Wildman–Crippen LogP) is 5.05. The lowest BCUT2D eigenvalue weighted by Gasteiger charge is -2.15. The number of nitrogens with one attached hydrogen (secondary N) is 1. The number of anilines is 2. The van der Waals surface area contributed by atoms with E-state index >= 15 is 0 Å². The van der Waals surface area contributed by atoms with E-state index in [4.69, 9.17) is 10.00 Å². The molecule has 0 atom stereocenters. The molecule has 1 heterocycles. The Hall–Kier alpha value is -3.60. The summed E-state index contributed by atoms with van der Waals surface area (Å²) in [5.74, 6) is -0.645. The Balaban J connectivity index is 2.14. The second-order valence-electron chi connectivity index (χ2n) is 5.81. The maximum atomic E-state index is 13.0. The fourth-order valence-corrected chi connectivity index (χ4v) is 2.64. The third kappa shape index (κ3) is 3.88. The van der Waals surface area contributed by atoms with E-state index in [-0.39, 0.29) is 23.4 Å². The van der Waals surface area contributed by atoms with E-state index < -0.39 is 17.7 Å². The van der Waals surface area contributed by atoms with Gasteiger partial charge in [-0.15, -0.1) is 0 Å². The molecule has 0 fully saturated rings. The monoisotopic (exact) mass is 385 g/mol. The van der Waals surface area contributed by atoms with Crippen molar-refractivity contribution in [3.05, 3.63) is 65.4 Å². The number of rotatable bonds is 4. The van der Waals surface area contributed by atoms with Crippen LogP contribution in [0.15, 0.2) is 48.7 Å². The normalized spacial score (nSPS) is 11.1. The number of pyridine rings is 1. The SMILES string of the molecule is CCOC(=O)c1cnc2cc(C(F)(F)F)ccc2c1Nc1ccc(C#N)cc1. The number of hydrogen-bond donors (Lipinski definition) is 1. The van der Waals surface area contributed by atoms with Crippen molar-refractivity contribution in [2.45, 2.75) is 13.1 Å². The first-order chi connectivity index (χ1) is 13.3. The van der Waals surface area contributed by atoms with Gasteiger partial charge in [0.2, 0.25) is 0 Å². The average molecular weight is 385 g/mol. The Bertz CT molecular complexity index is 1070. The molecule has 28 heavy (non-hydrogen) atoms. The van der Waals surface area contributed by atoms with Gasteiger partial charge in [-0.25, -0.2) is 4.79 Å². The van der Waals surface area contributed by atoms with Gasteiger partial charge in [0, 0.05) is 17.3 Å². The summed E-state index contributed by atoms with van der Waals surface area (Å²) in [6.07, 6.45) is -3.32. The molecule has 1 aromatic heterocycles. The third-order valence-corrected chi connectivity index (χ3v) is 3.98. The van der Waals surface area contributed by atoms with Crippen LogP contribution in [0.2, 0.25) is 0 Å². The van der Waals surface area contributed by atoms with E-state index in [9.17, 15) is 18.0 Å². The molecule has 1 N–H and O–H groups in total. The quantitative estimate of drug-likeness (QED) is 0.637. The molecule has 142 valence electrons. The molecule has 8 heteroatoms. The number of ether oxygens (including phenoxy) is 1. The van der Waals surface area contributed by atoms with Gasteiger partial charge < -0.3 is 10.1 Å². The first-order valence-corrected chi connectivity index (χ1v) is 8.27. The first kappa shape index (κ1) is 19.2. The fourth-order valence-electron chi connectivity index (χ4n) is 2.64. The van der Waals surface area contributed by atoms with E-state index in [1.54, 1.807) is 31.2 Å². The van der Waals surface area contributed by atoms with Gasteiger partial charge in [0.15, 0.2) is 0 Å². The summed E-state index contributed by atoms with van der Waals surface area (Å²) in [5, 5.41) is 12.3. The minimum Gasteiger partial charge on any atom is -0.462 e. The van der Waals surface area contributed by atoms with E-state index in [0.717, 1.165) is 12.1 Å². The Morgan fingerprint density at radius 1 is 1.21 bits per heavy atom. The highest BCUT2D eigenvalue weighted by molar-refractivity contribution is 6.06. The number of halogens is 3. The lowest BCUT2D eigenvalue weighted by atomic mass is 10.1. The molecular formula is C20H14F3N3O2. The highest BCUT2D eigenvalue weighted by Gasteiger charge is 2.31. The van der Waals surface area contributed by atoms with Crippen molar-refractivity contribution in [3.63, 3.8) is 0 Å². The molecular weight excluding hydrogens is 371 g/mol. The summed E-state index contributed by atoms with van der Waals surface area (Å²) < 4.78 is 44.0. The van der Waals surface area contributed by atoms with Crippen LogP contribution in [0.1, 0.15) is 28.4 Å². The number of alkyl halides is 3. The molecule has 0 saturated heterocycles. The van der Waals surface area contributed by atoms with Crippen LogP contribution in [0.5, 0.6) is 0 Å². The molecule has 0 saturated carbocycles. The summed E-state index contributed by atoms with van der Waals surface area (Å²) in [6.45, 7) is 1.79. The Kier molecular flexibility index (Phi) is 5.18. The molecule has 0 aliphatic carbocycles. The Morgan fingerprint density at radius 3 is 2.54 bits per heavy atom. The lowest BCUT2D eigenvalue weighted by Crippen LogP contribution is -2.10. The van der Waals surface area contributed by atoms with Gasteiger partial charge >= 0.3 is 12.1 Å². The van der Waals surface area contributed by atoms with E-state index in [2.05, 4.69) is 10.3 Å². The van der Waals surface area contributed by atoms with Crippen LogP contribution in [-0.2, 0) is 10.9 Å². The molecule has 0 amide bonds. The van der Waals surface area contributed by atoms with Gasteiger partial charge in [-0.1, -0.05) is 6.07 Å². The summed E-state index contributed by atoms with van der Waals surface area (Å²) >= 11 is 0. The Labute approximate surface area is 158 Å². The molecule has 0 aliphatic rings. The van der Waals surface area contributed by atoms with Crippen molar-refractivity contribution < 1.29 is 22.7 Å². The topological polar surface area (TPSA) is 75.0 Å². The zero-order valence-corrected chi connectivity index (χ0v) is 14.7. The third-order valence-electron chi connectivity index (χ3n) is 3.98. The first-order valence-electron chi connectivity index (χ1n) is 8.27. The van der Waals surface area contributed by atoms with Crippen LogP contribution in [-0.4, -0.2) is 17.6 Å². The summed E-state index contributed by atoms with van der Waals surface area (Å²) in [6, 6.07) is 11.5. The van der Waals surface area contributed by atoms with Crippen LogP contribution < -0.4 is 5.32 Å². The van der Waals surface area contributed by atoms with Crippen LogP contribution in [0.4, 0.5) is 24.5 Å². The molecule has 0 bridgehead atoms. The largest absolute Gasteiger partial charge is 0.462 e. The van der Waals surface area contributed by atoms with Crippen molar-refractivity contribution in [1.82, 2.24) is 4.98 Å². The summed E-state index contributed by atoms with van der Waals surface area (Å²) in [5.41, 5.74) is 0.627. The minimum absolute atomic E-state index is 0.0824. The standard InChI is InChI=1S/C20H14F3N3O2/c1-2-28-19(27)16-11-25-17-9-13(20(21,22)23)5-8-15(17)18(16)26-14-6-3-12(10-24)4-7-14/h3-9,11H,2H2,1H3,(H,25,26). The van der Waals surface area contributed by atoms with Crippen molar-refractivity contribution in [3.8, 4) is 6.07 Å². The van der Waals surface area contributed by atoms with Gasteiger partial charge in [0.25, 0.3) is 0 Å². The second-order valence-corrected chi connectivity index (χ2v) is 5.81. The van der Waals surface area contributed by atoms with Crippen LogP contribution in [0, 0.1) is 11.3 Å². The number of fused-ring (bicyclic) bond motifs is 1. The highest BCUT2D eigenvalue weighted by atomic mass is 19.4. The molecule has 0 radical (unpaired) electrons. The predicted molar refractivity (Wildman–Crippen MR) is 97.1 cm³/mol. The van der Waals surface area contributed by atoms with Gasteiger partial charge in [-0.3, -0.25) is 4.98 Å². The van der Waals surface area contributed by atoms with E-state index in [1.807, 2.05) is 6.07 Å². The highest BCUT2D eigenvalue weighted by Crippen LogP contribution is 2.35. The molecule has 2 aromatic carbocycles. The van der Waals surface area contributed by atoms with Gasteiger partial charge in [0.05, 0.1) is 35.0 Å². The molecule has 0 spiro atoms. The van der Waals surface area contributed by atoms with Crippen LogP contribution in [0.25, 0.3) is 10.9 Å². The number of carbonyl (C=O) groups excluding carboxylic acids is 1. The van der Waals surface area contributed by atoms with Gasteiger partial charge in [-0.2, -0.15) is 18.4 Å². The number of nitrogens with zero attached hydrogens (tertiary/aromatic N) is 2. The number of benzene rings is 2. The van der Waals surface area contributed by atoms with Crippen molar-refractivity contribution >= 4 is 28.2 Å². The molecule has 3 aromatic rings. The van der Waals surface area contributed by atoms with Crippen molar-refractivity contribution in [2.24, 2.45) is 0 Å². The molecule has 0 aliphatic heterocycles. The van der Waals surface area contributed by atoms with Gasteiger partial charge in [0.1, 0.15) is 5.56 Å². The van der Waals surface area contributed by atoms with E-state index in [0.29, 0.717) is 16.6 Å². The fraction of sp³-hybridized carbons (Fsp3) is 0.150. The zero-order valence-electron chi connectivity index (χ0n) is 14.7. The van der Waals surface area contributed by atoms with Crippen LogP contribution >= 0.6 is 0 Å². The molecule has 0 unspecified atom stereocenters. The summed E-state index contributed by atoms with van der Waals surface area (Å²) in [4.78, 5) is 16.3. The van der Waals surface area contributed by atoms with Crippen molar-refractivity contribution in [2.75, 3.05) is 11.9 Å². The number of nitriles is 1. The van der Waals surface area contributed by atoms with Crippen LogP contribution in [0.3, 0.4) is 0 Å². The number of carbonyl (C=O) groups is 1. The second kappa shape index (κ2) is 7.56. The number of esters is 1.